The standard InChI is InChI=1S/C12H15N5O2S/c1-7-5-10(18)16-9(15-7)6-14-8(2)11(19)17-12-13-3-4-20-12/h3-5,8,14H,6H2,1-2H3,(H,13,17,19)(H,15,16,18). The number of hydrogen-bond donors (Lipinski definition) is 3. The molecule has 1 unspecified atom stereocenters. The van der Waals surface area contributed by atoms with E-state index in [4.69, 9.17) is 0 Å². The monoisotopic (exact) mass is 293 g/mol. The number of hydrogen-bond acceptors (Lipinski definition) is 6. The number of H-pyrrole nitrogens is 1. The summed E-state index contributed by atoms with van der Waals surface area (Å²) in [5.74, 6) is 0.318. The van der Waals surface area contributed by atoms with Crippen molar-refractivity contribution in [2.75, 3.05) is 5.32 Å². The summed E-state index contributed by atoms with van der Waals surface area (Å²) in [6.07, 6.45) is 1.62. The topological polar surface area (TPSA) is 99.8 Å². The third-order valence-corrected chi connectivity index (χ3v) is 3.24. The number of aromatic nitrogens is 3. The van der Waals surface area contributed by atoms with Crippen molar-refractivity contribution in [1.29, 1.82) is 0 Å². The van der Waals surface area contributed by atoms with E-state index in [1.807, 2.05) is 0 Å². The normalized spacial score (nSPS) is 12.1. The summed E-state index contributed by atoms with van der Waals surface area (Å²) in [4.78, 5) is 33.9. The molecule has 0 saturated heterocycles. The van der Waals surface area contributed by atoms with Gasteiger partial charge < -0.3 is 10.3 Å². The summed E-state index contributed by atoms with van der Waals surface area (Å²) < 4.78 is 0. The van der Waals surface area contributed by atoms with Gasteiger partial charge in [0.2, 0.25) is 5.91 Å². The number of aryl methyl sites for hydroxylation is 1. The Morgan fingerprint density at radius 3 is 3.00 bits per heavy atom. The van der Waals surface area contributed by atoms with Crippen molar-refractivity contribution in [3.05, 3.63) is 39.5 Å². The molecule has 8 heteroatoms. The molecule has 1 amide bonds. The minimum Gasteiger partial charge on any atom is -0.309 e. The van der Waals surface area contributed by atoms with Crippen molar-refractivity contribution in [1.82, 2.24) is 20.3 Å². The van der Waals surface area contributed by atoms with E-state index in [1.165, 1.54) is 17.4 Å². The molecule has 2 aromatic rings. The zero-order valence-electron chi connectivity index (χ0n) is 11.1. The van der Waals surface area contributed by atoms with Gasteiger partial charge in [-0.05, 0) is 13.8 Å². The van der Waals surface area contributed by atoms with Gasteiger partial charge in [-0.3, -0.25) is 14.9 Å². The van der Waals surface area contributed by atoms with Gasteiger partial charge in [0.05, 0.1) is 12.6 Å². The Hall–Kier alpha value is -2.06. The maximum absolute atomic E-state index is 11.9. The predicted octanol–water partition coefficient (Wildman–Crippen LogP) is 0.652. The molecule has 2 rings (SSSR count). The van der Waals surface area contributed by atoms with Crippen LogP contribution in [0.3, 0.4) is 0 Å². The largest absolute Gasteiger partial charge is 0.309 e. The maximum atomic E-state index is 11.9. The summed E-state index contributed by atoms with van der Waals surface area (Å²) in [6, 6.07) is 0.993. The molecule has 0 radical (unpaired) electrons. The molecule has 0 aliphatic heterocycles. The Morgan fingerprint density at radius 1 is 1.55 bits per heavy atom. The van der Waals surface area contributed by atoms with Gasteiger partial charge in [0.1, 0.15) is 5.82 Å². The zero-order chi connectivity index (χ0) is 14.5. The molecule has 0 spiro atoms. The molecule has 20 heavy (non-hydrogen) atoms. The molecule has 2 heterocycles. The number of nitrogens with one attached hydrogen (secondary N) is 3. The lowest BCUT2D eigenvalue weighted by atomic mass is 10.3. The van der Waals surface area contributed by atoms with Crippen LogP contribution in [0.1, 0.15) is 18.4 Å². The number of carbonyl (C=O) groups is 1. The molecule has 2 aromatic heterocycles. The van der Waals surface area contributed by atoms with Gasteiger partial charge in [-0.25, -0.2) is 9.97 Å². The quantitative estimate of drug-likeness (QED) is 0.751. The zero-order valence-corrected chi connectivity index (χ0v) is 12.0. The van der Waals surface area contributed by atoms with Crippen LogP contribution < -0.4 is 16.2 Å². The predicted molar refractivity (Wildman–Crippen MR) is 76.6 cm³/mol. The van der Waals surface area contributed by atoms with Crippen molar-refractivity contribution in [3.63, 3.8) is 0 Å². The molecular weight excluding hydrogens is 278 g/mol. The smallest absolute Gasteiger partial charge is 0.251 e. The second kappa shape index (κ2) is 6.40. The molecule has 0 bridgehead atoms. The number of nitrogens with zero attached hydrogens (tertiary/aromatic N) is 2. The molecule has 1 atom stereocenters. The average Bonchev–Trinajstić information content (AvgIpc) is 2.87. The molecule has 0 fully saturated rings. The summed E-state index contributed by atoms with van der Waals surface area (Å²) in [7, 11) is 0. The summed E-state index contributed by atoms with van der Waals surface area (Å²) in [5, 5.41) is 8.04. The van der Waals surface area contributed by atoms with Gasteiger partial charge >= 0.3 is 0 Å². The number of aromatic amines is 1. The third-order valence-electron chi connectivity index (χ3n) is 2.55. The van der Waals surface area contributed by atoms with Gasteiger partial charge in [-0.1, -0.05) is 0 Å². The van der Waals surface area contributed by atoms with Gasteiger partial charge in [-0.15, -0.1) is 11.3 Å². The van der Waals surface area contributed by atoms with Crippen molar-refractivity contribution in [2.45, 2.75) is 26.4 Å². The number of carbonyl (C=O) groups excluding carboxylic acids is 1. The highest BCUT2D eigenvalue weighted by Crippen LogP contribution is 2.10. The van der Waals surface area contributed by atoms with Gasteiger partial charge in [0, 0.05) is 23.3 Å². The lowest BCUT2D eigenvalue weighted by Crippen LogP contribution is -2.38. The van der Waals surface area contributed by atoms with Crippen molar-refractivity contribution >= 4 is 22.4 Å². The second-order valence-electron chi connectivity index (χ2n) is 4.26. The minimum atomic E-state index is -0.426. The van der Waals surface area contributed by atoms with Crippen LogP contribution >= 0.6 is 11.3 Å². The molecule has 0 aromatic carbocycles. The summed E-state index contributed by atoms with van der Waals surface area (Å²) in [6.45, 7) is 3.79. The lowest BCUT2D eigenvalue weighted by molar-refractivity contribution is -0.117. The van der Waals surface area contributed by atoms with Gasteiger partial charge in [0.15, 0.2) is 5.13 Å². The highest BCUT2D eigenvalue weighted by atomic mass is 32.1. The molecule has 0 aliphatic rings. The highest BCUT2D eigenvalue weighted by Gasteiger charge is 2.13. The van der Waals surface area contributed by atoms with Crippen molar-refractivity contribution in [3.8, 4) is 0 Å². The first-order valence-corrected chi connectivity index (χ1v) is 6.93. The molecule has 0 saturated carbocycles. The van der Waals surface area contributed by atoms with Crippen molar-refractivity contribution in [2.24, 2.45) is 0 Å². The van der Waals surface area contributed by atoms with Crippen LogP contribution in [0.15, 0.2) is 22.4 Å². The van der Waals surface area contributed by atoms with E-state index in [1.54, 1.807) is 25.4 Å². The summed E-state index contributed by atoms with van der Waals surface area (Å²) >= 11 is 1.36. The van der Waals surface area contributed by atoms with E-state index in [0.29, 0.717) is 23.2 Å². The Bertz CT molecular complexity index is 638. The van der Waals surface area contributed by atoms with Crippen molar-refractivity contribution < 1.29 is 4.79 Å². The van der Waals surface area contributed by atoms with Crippen LogP contribution in [0.25, 0.3) is 0 Å². The van der Waals surface area contributed by atoms with Gasteiger partial charge in [0.25, 0.3) is 5.56 Å². The fourth-order valence-electron chi connectivity index (χ4n) is 1.57. The van der Waals surface area contributed by atoms with Crippen LogP contribution in [0.5, 0.6) is 0 Å². The number of amides is 1. The van der Waals surface area contributed by atoms with Crippen LogP contribution in [-0.2, 0) is 11.3 Å². The van der Waals surface area contributed by atoms with E-state index in [9.17, 15) is 9.59 Å². The molecular formula is C12H15N5O2S. The third kappa shape index (κ3) is 3.97. The SMILES string of the molecule is Cc1cc(=O)[nH]c(CNC(C)C(=O)Nc2nccs2)n1. The maximum Gasteiger partial charge on any atom is 0.251 e. The van der Waals surface area contributed by atoms with Crippen LogP contribution in [-0.4, -0.2) is 26.9 Å². The van der Waals surface area contributed by atoms with E-state index in [0.717, 1.165) is 0 Å². The van der Waals surface area contributed by atoms with E-state index in [-0.39, 0.29) is 11.5 Å². The molecule has 106 valence electrons. The average molecular weight is 293 g/mol. The lowest BCUT2D eigenvalue weighted by Gasteiger charge is -2.12. The van der Waals surface area contributed by atoms with Crippen LogP contribution in [0.4, 0.5) is 5.13 Å². The molecule has 3 N–H and O–H groups in total. The number of anilines is 1. The van der Waals surface area contributed by atoms with E-state index >= 15 is 0 Å². The molecule has 7 nitrogen and oxygen atoms in total. The molecule has 0 aliphatic carbocycles. The Morgan fingerprint density at radius 2 is 2.35 bits per heavy atom. The van der Waals surface area contributed by atoms with Crippen LogP contribution in [0, 0.1) is 6.92 Å². The summed E-state index contributed by atoms with van der Waals surface area (Å²) in [5.41, 5.74) is 0.444. The fourth-order valence-corrected chi connectivity index (χ4v) is 2.10. The Balaban J connectivity index is 1.89. The Kier molecular flexibility index (Phi) is 4.59. The minimum absolute atomic E-state index is 0.185. The van der Waals surface area contributed by atoms with Crippen LogP contribution in [0.2, 0.25) is 0 Å². The highest BCUT2D eigenvalue weighted by molar-refractivity contribution is 7.13. The number of rotatable bonds is 5. The first-order valence-electron chi connectivity index (χ1n) is 6.05. The van der Waals surface area contributed by atoms with E-state index in [2.05, 4.69) is 25.6 Å². The fraction of sp³-hybridized carbons (Fsp3) is 0.333. The number of thiazole rings is 1. The second-order valence-corrected chi connectivity index (χ2v) is 5.16. The first-order chi connectivity index (χ1) is 9.54. The van der Waals surface area contributed by atoms with Gasteiger partial charge in [-0.2, -0.15) is 0 Å². The first kappa shape index (κ1) is 14.4. The van der Waals surface area contributed by atoms with E-state index < -0.39 is 6.04 Å². The Labute approximate surface area is 119 Å².